The van der Waals surface area contributed by atoms with Gasteiger partial charge in [0.05, 0.1) is 0 Å². The molecule has 0 aromatic heterocycles. The molecule has 1 radical (unpaired) electrons. The molecule has 0 spiro atoms. The molecule has 0 fully saturated rings. The molecule has 55 valence electrons. The number of nitrogens with zero attached hydrogens (tertiary/aromatic N) is 1. The van der Waals surface area contributed by atoms with Gasteiger partial charge in [-0.2, -0.15) is 0 Å². The minimum atomic E-state index is -3.91. The Balaban J connectivity index is 4.57. The third-order valence-electron chi connectivity index (χ3n) is 0.533. The van der Waals surface area contributed by atoms with Gasteiger partial charge in [0.2, 0.25) is 0 Å². The van der Waals surface area contributed by atoms with Crippen LogP contribution in [0.4, 0.5) is 0 Å². The van der Waals surface area contributed by atoms with Crippen molar-refractivity contribution in [2.45, 2.75) is 3.12 Å². The van der Waals surface area contributed by atoms with Crippen LogP contribution >= 0.6 is 34.8 Å². The van der Waals surface area contributed by atoms with Gasteiger partial charge in [-0.15, -0.1) is 4.72 Å². The summed E-state index contributed by atoms with van der Waals surface area (Å²) in [6.45, 7) is 0. The maximum atomic E-state index is 10.5. The molecule has 0 aliphatic heterocycles. The summed E-state index contributed by atoms with van der Waals surface area (Å²) >= 11 is 14.9. The van der Waals surface area contributed by atoms with Crippen LogP contribution in [-0.4, -0.2) is 18.6 Å². The Labute approximate surface area is 68.3 Å². The lowest BCUT2D eigenvalue weighted by Crippen LogP contribution is -2.26. The smallest absolute Gasteiger partial charge is 0.206 e. The zero-order valence-corrected chi connectivity index (χ0v) is 7.39. The van der Waals surface area contributed by atoms with Gasteiger partial charge in [0.25, 0.3) is 10.0 Å². The highest BCUT2D eigenvalue weighted by Crippen LogP contribution is 2.31. The largest absolute Gasteiger partial charge is 0.308 e. The molecule has 0 aromatic rings. The second kappa shape index (κ2) is 2.80. The first kappa shape index (κ1) is 9.78. The minimum Gasteiger partial charge on any atom is -0.206 e. The summed E-state index contributed by atoms with van der Waals surface area (Å²) in [5, 5.41) is 0. The van der Waals surface area contributed by atoms with E-state index in [1.165, 1.54) is 0 Å². The molecule has 0 saturated heterocycles. The number of halogens is 3. The van der Waals surface area contributed by atoms with Crippen LogP contribution < -0.4 is 4.72 Å². The van der Waals surface area contributed by atoms with E-state index in [-0.39, 0.29) is 0 Å². The molecule has 3 nitrogen and oxygen atoms in total. The molecule has 0 heterocycles. The number of alkyl halides is 3. The lowest BCUT2D eigenvalue weighted by molar-refractivity contribution is 0.587. The topological polar surface area (TPSA) is 48.2 Å². The summed E-state index contributed by atoms with van der Waals surface area (Å²) in [7, 11) is -2.88. The average molecular weight is 211 g/mol. The summed E-state index contributed by atoms with van der Waals surface area (Å²) in [6.07, 6.45) is 0. The summed E-state index contributed by atoms with van der Waals surface area (Å²) in [5.74, 6) is 0. The van der Waals surface area contributed by atoms with Crippen molar-refractivity contribution in [3.8, 4) is 0 Å². The van der Waals surface area contributed by atoms with E-state index in [1.807, 2.05) is 0 Å². The van der Waals surface area contributed by atoms with E-state index in [1.54, 1.807) is 0 Å². The van der Waals surface area contributed by atoms with Gasteiger partial charge in [-0.3, -0.25) is 0 Å². The Morgan fingerprint density at radius 1 is 1.33 bits per heavy atom. The lowest BCUT2D eigenvalue weighted by Gasteiger charge is -2.07. The van der Waals surface area contributed by atoms with Gasteiger partial charge >= 0.3 is 3.12 Å². The van der Waals surface area contributed by atoms with Crippen LogP contribution in [0.25, 0.3) is 0 Å². The molecule has 0 bridgehead atoms. The molecule has 0 amide bonds. The Bertz CT molecular complexity index is 180. The Hall–Kier alpha value is 0.780. The molecule has 0 atom stereocenters. The van der Waals surface area contributed by atoms with E-state index in [0.29, 0.717) is 0 Å². The quantitative estimate of drug-likeness (QED) is 0.605. The van der Waals surface area contributed by atoms with Gasteiger partial charge in [-0.05, 0) is 0 Å². The average Bonchev–Trinajstić information content (AvgIpc) is 1.64. The van der Waals surface area contributed by atoms with Crippen LogP contribution in [-0.2, 0) is 10.0 Å². The Morgan fingerprint density at radius 3 is 1.67 bits per heavy atom. The van der Waals surface area contributed by atoms with Gasteiger partial charge in [0.15, 0.2) is 0 Å². The predicted molar refractivity (Wildman–Crippen MR) is 37.3 cm³/mol. The van der Waals surface area contributed by atoms with Gasteiger partial charge in [-0.25, -0.2) is 8.42 Å². The Kier molecular flexibility index (Phi) is 3.04. The standard InChI is InChI=1S/C2H3Cl3NO2S/c1-6-9(7,8)2(3,4)5/h1H3. The molecular formula is C2H3Cl3NO2S. The molecule has 0 saturated carbocycles. The molecule has 9 heavy (non-hydrogen) atoms. The second-order valence-corrected chi connectivity index (χ2v) is 5.98. The van der Waals surface area contributed by atoms with Crippen molar-refractivity contribution >= 4 is 44.8 Å². The first-order chi connectivity index (χ1) is 3.81. The predicted octanol–water partition coefficient (Wildman–Crippen LogP) is 0.878. The highest BCUT2D eigenvalue weighted by Gasteiger charge is 2.37. The van der Waals surface area contributed by atoms with Crippen molar-refractivity contribution < 1.29 is 8.42 Å². The van der Waals surface area contributed by atoms with Crippen LogP contribution in [0.5, 0.6) is 0 Å². The second-order valence-electron chi connectivity index (χ2n) is 1.10. The van der Waals surface area contributed by atoms with Gasteiger partial charge in [0.1, 0.15) is 0 Å². The third kappa shape index (κ3) is 2.47. The first-order valence-electron chi connectivity index (χ1n) is 1.73. The SMILES string of the molecule is C[N]S(=O)(=O)C(Cl)(Cl)Cl. The number of rotatable bonds is 1. The summed E-state index contributed by atoms with van der Waals surface area (Å²) in [6, 6.07) is 0. The molecule has 0 unspecified atom stereocenters. The van der Waals surface area contributed by atoms with Crippen LogP contribution in [0, 0.1) is 0 Å². The highest BCUT2D eigenvalue weighted by atomic mass is 35.6. The van der Waals surface area contributed by atoms with Crippen LogP contribution in [0.3, 0.4) is 0 Å². The molecule has 0 aliphatic rings. The fourth-order valence-corrected chi connectivity index (χ4v) is 0.932. The number of hydrogen-bond acceptors (Lipinski definition) is 2. The zero-order chi connectivity index (χ0) is 7.71. The summed E-state index contributed by atoms with van der Waals surface area (Å²) in [5.41, 5.74) is 0. The highest BCUT2D eigenvalue weighted by molar-refractivity contribution is 7.95. The van der Waals surface area contributed by atoms with E-state index in [4.69, 9.17) is 34.8 Å². The molecule has 7 heteroatoms. The summed E-state index contributed by atoms with van der Waals surface area (Å²) in [4.78, 5) is 0. The van der Waals surface area contributed by atoms with E-state index < -0.39 is 13.1 Å². The zero-order valence-electron chi connectivity index (χ0n) is 4.31. The van der Waals surface area contributed by atoms with Crippen molar-refractivity contribution in [1.82, 2.24) is 4.72 Å². The fraction of sp³-hybridized carbons (Fsp3) is 1.00. The normalized spacial score (nSPS) is 13.8. The Morgan fingerprint density at radius 2 is 1.67 bits per heavy atom. The van der Waals surface area contributed by atoms with Gasteiger partial charge in [-0.1, -0.05) is 34.8 Å². The summed E-state index contributed by atoms with van der Waals surface area (Å²) < 4.78 is 21.5. The van der Waals surface area contributed by atoms with Crippen molar-refractivity contribution in [3.63, 3.8) is 0 Å². The maximum absolute atomic E-state index is 10.5. The van der Waals surface area contributed by atoms with Gasteiger partial charge in [0, 0.05) is 7.05 Å². The minimum absolute atomic E-state index is 1.04. The number of sulfonamides is 1. The molecular weight excluding hydrogens is 208 g/mol. The van der Waals surface area contributed by atoms with Crippen molar-refractivity contribution in [2.24, 2.45) is 0 Å². The van der Waals surface area contributed by atoms with E-state index >= 15 is 0 Å². The molecule has 0 aliphatic carbocycles. The fourth-order valence-electron chi connectivity index (χ4n) is 0.104. The molecule has 0 N–H and O–H groups in total. The maximum Gasteiger partial charge on any atom is 0.308 e. The molecule has 0 rings (SSSR count). The lowest BCUT2D eigenvalue weighted by atomic mass is 11.6. The van der Waals surface area contributed by atoms with Crippen LogP contribution in [0.1, 0.15) is 0 Å². The third-order valence-corrected chi connectivity index (χ3v) is 3.35. The van der Waals surface area contributed by atoms with E-state index in [0.717, 1.165) is 7.05 Å². The molecule has 0 aromatic carbocycles. The van der Waals surface area contributed by atoms with Crippen LogP contribution in [0.2, 0.25) is 0 Å². The van der Waals surface area contributed by atoms with E-state index in [2.05, 4.69) is 4.72 Å². The van der Waals surface area contributed by atoms with Crippen molar-refractivity contribution in [3.05, 3.63) is 0 Å². The number of hydrogen-bond donors (Lipinski definition) is 0. The van der Waals surface area contributed by atoms with Crippen LogP contribution in [0.15, 0.2) is 0 Å². The first-order valence-corrected chi connectivity index (χ1v) is 4.31. The van der Waals surface area contributed by atoms with Crippen molar-refractivity contribution in [2.75, 3.05) is 7.05 Å². The van der Waals surface area contributed by atoms with Gasteiger partial charge < -0.3 is 0 Å². The van der Waals surface area contributed by atoms with Crippen molar-refractivity contribution in [1.29, 1.82) is 0 Å². The van der Waals surface area contributed by atoms with E-state index in [9.17, 15) is 8.42 Å². The monoisotopic (exact) mass is 210 g/mol.